The molecule has 1 aliphatic carbocycles. The zero-order valence-corrected chi connectivity index (χ0v) is 12.4. The van der Waals surface area contributed by atoms with Gasteiger partial charge in [0.25, 0.3) is 5.91 Å². The van der Waals surface area contributed by atoms with Crippen molar-refractivity contribution >= 4 is 5.91 Å². The number of hydrogen-bond acceptors (Lipinski definition) is 3. The van der Waals surface area contributed by atoms with Gasteiger partial charge in [0.05, 0.1) is 11.8 Å². The first kappa shape index (κ1) is 14.1. The molecule has 0 saturated heterocycles. The second-order valence-corrected chi connectivity index (χ2v) is 6.64. The van der Waals surface area contributed by atoms with Crippen molar-refractivity contribution < 1.29 is 9.21 Å². The van der Waals surface area contributed by atoms with E-state index in [1.807, 2.05) is 6.92 Å². The third kappa shape index (κ3) is 1.98. The van der Waals surface area contributed by atoms with Gasteiger partial charge >= 0.3 is 0 Å². The Kier molecular flexibility index (Phi) is 3.25. The number of furan rings is 1. The van der Waals surface area contributed by atoms with Crippen LogP contribution in [-0.2, 0) is 6.42 Å². The quantitative estimate of drug-likeness (QED) is 0.880. The number of hydrogen-bond donors (Lipinski definition) is 2. The number of nitrogens with two attached hydrogens (primary N) is 1. The highest BCUT2D eigenvalue weighted by Gasteiger charge is 2.60. The van der Waals surface area contributed by atoms with E-state index in [0.29, 0.717) is 12.0 Å². The third-order valence-corrected chi connectivity index (χ3v) is 4.68. The maximum atomic E-state index is 12.4. The Bertz CT molecular complexity index is 472. The Morgan fingerprint density at radius 2 is 1.95 bits per heavy atom. The predicted octanol–water partition coefficient (Wildman–Crippen LogP) is 2.33. The van der Waals surface area contributed by atoms with Crippen LogP contribution in [0.5, 0.6) is 0 Å². The summed E-state index contributed by atoms with van der Waals surface area (Å²) in [7, 11) is 0. The first-order valence-corrected chi connectivity index (χ1v) is 6.85. The van der Waals surface area contributed by atoms with Crippen molar-refractivity contribution in [3.63, 3.8) is 0 Å². The van der Waals surface area contributed by atoms with Crippen LogP contribution in [0.25, 0.3) is 0 Å². The van der Waals surface area contributed by atoms with E-state index in [9.17, 15) is 4.79 Å². The molecule has 1 heterocycles. The summed E-state index contributed by atoms with van der Waals surface area (Å²) in [6, 6.07) is 1.88. The van der Waals surface area contributed by atoms with Gasteiger partial charge in [0.15, 0.2) is 0 Å². The number of amides is 1. The third-order valence-electron chi connectivity index (χ3n) is 4.68. The van der Waals surface area contributed by atoms with Crippen LogP contribution in [0, 0.1) is 10.8 Å². The second-order valence-electron chi connectivity index (χ2n) is 6.64. The number of rotatable bonds is 3. The highest BCUT2D eigenvalue weighted by atomic mass is 16.3. The molecule has 3 N–H and O–H groups in total. The van der Waals surface area contributed by atoms with Gasteiger partial charge in [-0.1, -0.05) is 34.6 Å². The van der Waals surface area contributed by atoms with Crippen LogP contribution in [0.2, 0.25) is 0 Å². The van der Waals surface area contributed by atoms with Crippen molar-refractivity contribution in [3.8, 4) is 0 Å². The molecular weight excluding hydrogens is 240 g/mol. The molecule has 1 amide bonds. The molecule has 1 aliphatic rings. The van der Waals surface area contributed by atoms with E-state index in [2.05, 4.69) is 33.0 Å². The van der Waals surface area contributed by atoms with Crippen LogP contribution in [0.1, 0.15) is 50.7 Å². The van der Waals surface area contributed by atoms with Crippen LogP contribution >= 0.6 is 0 Å². The average molecular weight is 264 g/mol. The first-order valence-electron chi connectivity index (χ1n) is 6.85. The van der Waals surface area contributed by atoms with Gasteiger partial charge in [-0.25, -0.2) is 0 Å². The van der Waals surface area contributed by atoms with Crippen molar-refractivity contribution in [2.45, 2.75) is 53.1 Å². The van der Waals surface area contributed by atoms with Gasteiger partial charge in [-0.15, -0.1) is 0 Å². The summed E-state index contributed by atoms with van der Waals surface area (Å²) in [5.41, 5.74) is 6.66. The normalized spacial score (nSPS) is 27.7. The molecule has 4 nitrogen and oxygen atoms in total. The molecule has 106 valence electrons. The van der Waals surface area contributed by atoms with Crippen LogP contribution in [0.15, 0.2) is 16.7 Å². The summed E-state index contributed by atoms with van der Waals surface area (Å²) in [6.45, 7) is 10.4. The van der Waals surface area contributed by atoms with Gasteiger partial charge in [0.2, 0.25) is 0 Å². The molecule has 0 aromatic carbocycles. The number of carbonyl (C=O) groups excluding carboxylic acids is 1. The predicted molar refractivity (Wildman–Crippen MR) is 74.9 cm³/mol. The number of carbonyl (C=O) groups is 1. The largest absolute Gasteiger partial charge is 0.469 e. The summed E-state index contributed by atoms with van der Waals surface area (Å²) in [5.74, 6) is 0.667. The molecule has 0 aliphatic heterocycles. The Labute approximate surface area is 114 Å². The van der Waals surface area contributed by atoms with Crippen LogP contribution < -0.4 is 11.1 Å². The average Bonchev–Trinajstić information content (AvgIpc) is 2.82. The van der Waals surface area contributed by atoms with Crippen LogP contribution in [0.3, 0.4) is 0 Å². The minimum atomic E-state index is -0.0880. The Morgan fingerprint density at radius 1 is 1.37 bits per heavy atom. The van der Waals surface area contributed by atoms with Crippen molar-refractivity contribution in [2.75, 3.05) is 0 Å². The van der Waals surface area contributed by atoms with E-state index >= 15 is 0 Å². The number of nitrogens with one attached hydrogen (secondary N) is 1. The zero-order chi connectivity index (χ0) is 14.4. The fourth-order valence-electron chi connectivity index (χ4n) is 3.58. The summed E-state index contributed by atoms with van der Waals surface area (Å²) in [6.07, 6.45) is 2.28. The van der Waals surface area contributed by atoms with Crippen molar-refractivity contribution in [1.82, 2.24) is 5.32 Å². The lowest BCUT2D eigenvalue weighted by molar-refractivity contribution is -0.0663. The summed E-state index contributed by atoms with van der Waals surface area (Å²) in [4.78, 5) is 12.4. The molecule has 2 rings (SSSR count). The van der Waals surface area contributed by atoms with E-state index in [1.165, 1.54) is 0 Å². The van der Waals surface area contributed by atoms with Gasteiger partial charge in [0, 0.05) is 29.3 Å². The molecule has 0 unspecified atom stereocenters. The number of aryl methyl sites for hydroxylation is 1. The fourth-order valence-corrected chi connectivity index (χ4v) is 3.58. The molecule has 0 bridgehead atoms. The SMILES string of the molecule is CCc1occc1C(=O)NC1C(C)(C)C(N)C1(C)C. The summed E-state index contributed by atoms with van der Waals surface area (Å²) < 4.78 is 5.31. The molecule has 1 aromatic heterocycles. The topological polar surface area (TPSA) is 68.3 Å². The maximum Gasteiger partial charge on any atom is 0.255 e. The zero-order valence-electron chi connectivity index (χ0n) is 12.4. The smallest absolute Gasteiger partial charge is 0.255 e. The van der Waals surface area contributed by atoms with Crippen molar-refractivity contribution in [1.29, 1.82) is 0 Å². The van der Waals surface area contributed by atoms with Crippen molar-refractivity contribution in [2.24, 2.45) is 16.6 Å². The standard InChI is InChI=1S/C15H24N2O2/c1-6-10-9(7-8-19-10)11(18)17-13-14(2,3)12(16)15(13,4)5/h7-8,12-13H,6,16H2,1-5H3,(H,17,18). The maximum absolute atomic E-state index is 12.4. The lowest BCUT2D eigenvalue weighted by atomic mass is 9.48. The Morgan fingerprint density at radius 3 is 2.47 bits per heavy atom. The summed E-state index contributed by atoms with van der Waals surface area (Å²) >= 11 is 0. The van der Waals surface area contributed by atoms with Gasteiger partial charge in [-0.05, 0) is 6.07 Å². The van der Waals surface area contributed by atoms with E-state index in [-0.39, 0.29) is 28.8 Å². The lowest BCUT2D eigenvalue weighted by Crippen LogP contribution is -2.76. The molecule has 0 atom stereocenters. The van der Waals surface area contributed by atoms with E-state index < -0.39 is 0 Å². The molecular formula is C15H24N2O2. The molecule has 4 heteroatoms. The minimum absolute atomic E-state index is 0.0661. The highest BCUT2D eigenvalue weighted by molar-refractivity contribution is 5.95. The molecule has 1 aromatic rings. The van der Waals surface area contributed by atoms with Gasteiger partial charge in [-0.3, -0.25) is 4.79 Å². The highest BCUT2D eigenvalue weighted by Crippen LogP contribution is 2.52. The molecule has 0 radical (unpaired) electrons. The molecule has 19 heavy (non-hydrogen) atoms. The first-order chi connectivity index (χ1) is 8.72. The monoisotopic (exact) mass is 264 g/mol. The van der Waals surface area contributed by atoms with E-state index in [0.717, 1.165) is 5.76 Å². The Hall–Kier alpha value is -1.29. The van der Waals surface area contributed by atoms with Crippen molar-refractivity contribution in [3.05, 3.63) is 23.7 Å². The lowest BCUT2D eigenvalue weighted by Gasteiger charge is -2.62. The van der Waals surface area contributed by atoms with Crippen LogP contribution in [-0.4, -0.2) is 18.0 Å². The van der Waals surface area contributed by atoms with Gasteiger partial charge < -0.3 is 15.5 Å². The molecule has 1 fully saturated rings. The van der Waals surface area contributed by atoms with E-state index in [4.69, 9.17) is 10.2 Å². The van der Waals surface area contributed by atoms with Gasteiger partial charge in [-0.2, -0.15) is 0 Å². The molecule has 0 spiro atoms. The van der Waals surface area contributed by atoms with Gasteiger partial charge in [0.1, 0.15) is 5.76 Å². The minimum Gasteiger partial charge on any atom is -0.469 e. The molecule has 1 saturated carbocycles. The fraction of sp³-hybridized carbons (Fsp3) is 0.667. The Balaban J connectivity index is 2.16. The summed E-state index contributed by atoms with van der Waals surface area (Å²) in [5, 5.41) is 3.13. The van der Waals surface area contributed by atoms with Crippen LogP contribution in [0.4, 0.5) is 0 Å². The van der Waals surface area contributed by atoms with E-state index in [1.54, 1.807) is 12.3 Å². The second kappa shape index (κ2) is 4.37.